The zero-order chi connectivity index (χ0) is 23.1. The Morgan fingerprint density at radius 3 is 2.38 bits per heavy atom. The largest absolute Gasteiger partial charge is 0.467 e. The molecule has 1 aromatic carbocycles. The highest BCUT2D eigenvalue weighted by atomic mass is 19.1. The molecule has 1 aliphatic rings. The van der Waals surface area contributed by atoms with Gasteiger partial charge in [-0.1, -0.05) is 12.1 Å². The Morgan fingerprint density at radius 1 is 1.16 bits per heavy atom. The molecule has 0 radical (unpaired) electrons. The fraction of sp³-hybridized carbons (Fsp3) is 0.476. The maximum absolute atomic E-state index is 13.5. The van der Waals surface area contributed by atoms with Crippen LogP contribution in [0.15, 0.2) is 24.3 Å². The number of amides is 2. The number of ether oxygens (including phenoxy) is 2. The standard InChI is InChI=1S/C21H27FN6O4/c1-13(29)23-17(12-14-5-4-6-15(22)11-14)18(30)24-16-7-9-28(10-8-16)19-25-20(31-2)27-21(26-19)32-3/h4-6,11,16-17H,7-10,12H2,1-3H3,(H,23,29)(H,24,30). The molecule has 1 aromatic heterocycles. The first-order valence-corrected chi connectivity index (χ1v) is 10.3. The monoisotopic (exact) mass is 446 g/mol. The Labute approximate surface area is 185 Å². The van der Waals surface area contributed by atoms with Gasteiger partial charge in [-0.05, 0) is 30.5 Å². The van der Waals surface area contributed by atoms with E-state index < -0.39 is 6.04 Å². The predicted molar refractivity (Wildman–Crippen MR) is 114 cm³/mol. The second-order valence-corrected chi connectivity index (χ2v) is 7.47. The smallest absolute Gasteiger partial charge is 0.324 e. The van der Waals surface area contributed by atoms with Crippen LogP contribution < -0.4 is 25.0 Å². The minimum absolute atomic E-state index is 0.0758. The van der Waals surface area contributed by atoms with E-state index in [4.69, 9.17) is 9.47 Å². The van der Waals surface area contributed by atoms with Crippen LogP contribution in [-0.4, -0.2) is 66.2 Å². The summed E-state index contributed by atoms with van der Waals surface area (Å²) in [6.07, 6.45) is 1.52. The summed E-state index contributed by atoms with van der Waals surface area (Å²) < 4.78 is 23.7. The van der Waals surface area contributed by atoms with E-state index in [1.165, 1.54) is 33.3 Å². The third kappa shape index (κ3) is 6.25. The zero-order valence-corrected chi connectivity index (χ0v) is 18.3. The first-order chi connectivity index (χ1) is 15.4. The van der Waals surface area contributed by atoms with Crippen molar-refractivity contribution in [3.8, 4) is 12.0 Å². The van der Waals surface area contributed by atoms with Gasteiger partial charge in [-0.3, -0.25) is 9.59 Å². The molecule has 1 unspecified atom stereocenters. The second kappa shape index (κ2) is 10.7. The number of anilines is 1. The molecule has 0 aliphatic carbocycles. The van der Waals surface area contributed by atoms with Gasteiger partial charge in [0, 0.05) is 32.5 Å². The summed E-state index contributed by atoms with van der Waals surface area (Å²) in [7, 11) is 2.94. The van der Waals surface area contributed by atoms with E-state index in [-0.39, 0.29) is 42.1 Å². The Bertz CT molecular complexity index is 929. The lowest BCUT2D eigenvalue weighted by molar-refractivity contribution is -0.128. The molecule has 2 amide bonds. The minimum atomic E-state index is -0.788. The molecule has 2 aromatic rings. The van der Waals surface area contributed by atoms with Crippen molar-refractivity contribution in [2.45, 2.75) is 38.3 Å². The van der Waals surface area contributed by atoms with Gasteiger partial charge in [0.2, 0.25) is 17.8 Å². The van der Waals surface area contributed by atoms with Gasteiger partial charge < -0.3 is 25.0 Å². The number of carbonyl (C=O) groups excluding carboxylic acids is 2. The highest BCUT2D eigenvalue weighted by molar-refractivity contribution is 5.87. The Morgan fingerprint density at radius 2 is 1.81 bits per heavy atom. The molecule has 2 heterocycles. The van der Waals surface area contributed by atoms with E-state index in [2.05, 4.69) is 25.6 Å². The van der Waals surface area contributed by atoms with Crippen molar-refractivity contribution < 1.29 is 23.5 Å². The number of halogens is 1. The topological polar surface area (TPSA) is 119 Å². The van der Waals surface area contributed by atoms with Gasteiger partial charge in [0.05, 0.1) is 14.2 Å². The number of hydrogen-bond acceptors (Lipinski definition) is 8. The number of nitrogens with zero attached hydrogens (tertiary/aromatic N) is 4. The fourth-order valence-corrected chi connectivity index (χ4v) is 3.53. The number of hydrogen-bond donors (Lipinski definition) is 2. The van der Waals surface area contributed by atoms with Gasteiger partial charge in [0.15, 0.2) is 0 Å². The molecule has 1 aliphatic heterocycles. The SMILES string of the molecule is COc1nc(OC)nc(N2CCC(NC(=O)C(Cc3cccc(F)c3)NC(C)=O)CC2)n1. The third-order valence-corrected chi connectivity index (χ3v) is 5.09. The van der Waals surface area contributed by atoms with Crippen LogP contribution in [0.3, 0.4) is 0 Å². The summed E-state index contributed by atoms with van der Waals surface area (Å²) in [5.41, 5.74) is 0.631. The van der Waals surface area contributed by atoms with Crippen molar-refractivity contribution >= 4 is 17.8 Å². The predicted octanol–water partition coefficient (Wildman–Crippen LogP) is 0.860. The van der Waals surface area contributed by atoms with E-state index >= 15 is 0 Å². The summed E-state index contributed by atoms with van der Waals surface area (Å²) in [4.78, 5) is 38.9. The van der Waals surface area contributed by atoms with Gasteiger partial charge >= 0.3 is 12.0 Å². The lowest BCUT2D eigenvalue weighted by atomic mass is 10.0. The van der Waals surface area contributed by atoms with Gasteiger partial charge in [-0.15, -0.1) is 4.98 Å². The normalized spacial score (nSPS) is 15.1. The zero-order valence-electron chi connectivity index (χ0n) is 18.3. The number of aromatic nitrogens is 3. The second-order valence-electron chi connectivity index (χ2n) is 7.47. The van der Waals surface area contributed by atoms with E-state index in [9.17, 15) is 14.0 Å². The van der Waals surface area contributed by atoms with Gasteiger partial charge in [-0.2, -0.15) is 9.97 Å². The fourth-order valence-electron chi connectivity index (χ4n) is 3.53. The first kappa shape index (κ1) is 23.2. The summed E-state index contributed by atoms with van der Waals surface area (Å²) in [5.74, 6) is -0.565. The van der Waals surface area contributed by atoms with Crippen molar-refractivity contribution in [2.24, 2.45) is 0 Å². The molecule has 0 bridgehead atoms. The minimum Gasteiger partial charge on any atom is -0.467 e. The van der Waals surface area contributed by atoms with Crippen molar-refractivity contribution in [1.82, 2.24) is 25.6 Å². The highest BCUT2D eigenvalue weighted by Gasteiger charge is 2.27. The number of methoxy groups -OCH3 is 2. The maximum Gasteiger partial charge on any atom is 0.324 e. The Kier molecular flexibility index (Phi) is 7.74. The molecular weight excluding hydrogens is 419 g/mol. The van der Waals surface area contributed by atoms with Crippen molar-refractivity contribution in [1.29, 1.82) is 0 Å². The van der Waals surface area contributed by atoms with Crippen LogP contribution in [0.5, 0.6) is 12.0 Å². The molecule has 0 saturated carbocycles. The maximum atomic E-state index is 13.5. The van der Waals surface area contributed by atoms with Crippen LogP contribution in [0.1, 0.15) is 25.3 Å². The lowest BCUT2D eigenvalue weighted by Gasteiger charge is -2.33. The molecule has 1 saturated heterocycles. The number of carbonyl (C=O) groups is 2. The average Bonchev–Trinajstić information content (AvgIpc) is 2.78. The summed E-state index contributed by atoms with van der Waals surface area (Å²) in [5, 5.41) is 5.66. The van der Waals surface area contributed by atoms with E-state index in [0.29, 0.717) is 37.4 Å². The molecule has 0 spiro atoms. The van der Waals surface area contributed by atoms with Crippen LogP contribution in [0, 0.1) is 5.82 Å². The molecule has 10 nitrogen and oxygen atoms in total. The molecule has 1 atom stereocenters. The third-order valence-electron chi connectivity index (χ3n) is 5.09. The Balaban J connectivity index is 1.60. The number of nitrogens with one attached hydrogen (secondary N) is 2. The van der Waals surface area contributed by atoms with Crippen LogP contribution in [0.4, 0.5) is 10.3 Å². The highest BCUT2D eigenvalue weighted by Crippen LogP contribution is 2.20. The van der Waals surface area contributed by atoms with E-state index in [0.717, 1.165) is 0 Å². The molecular formula is C21H27FN6O4. The van der Waals surface area contributed by atoms with Crippen molar-refractivity contribution in [3.05, 3.63) is 35.6 Å². The average molecular weight is 446 g/mol. The van der Waals surface area contributed by atoms with E-state index in [1.54, 1.807) is 12.1 Å². The van der Waals surface area contributed by atoms with Crippen LogP contribution >= 0.6 is 0 Å². The molecule has 3 rings (SSSR count). The van der Waals surface area contributed by atoms with Gasteiger partial charge in [-0.25, -0.2) is 4.39 Å². The quantitative estimate of drug-likeness (QED) is 0.613. The Hall–Kier alpha value is -3.50. The molecule has 11 heteroatoms. The van der Waals surface area contributed by atoms with Crippen molar-refractivity contribution in [2.75, 3.05) is 32.2 Å². The van der Waals surface area contributed by atoms with Crippen LogP contribution in [0.2, 0.25) is 0 Å². The summed E-state index contributed by atoms with van der Waals surface area (Å²) >= 11 is 0. The van der Waals surface area contributed by atoms with Crippen molar-refractivity contribution in [3.63, 3.8) is 0 Å². The summed E-state index contributed by atoms with van der Waals surface area (Å²) in [6, 6.07) is 5.46. The van der Waals surface area contributed by atoms with Crippen LogP contribution in [-0.2, 0) is 16.0 Å². The molecule has 32 heavy (non-hydrogen) atoms. The van der Waals surface area contributed by atoms with Gasteiger partial charge in [0.25, 0.3) is 0 Å². The molecule has 1 fully saturated rings. The summed E-state index contributed by atoms with van der Waals surface area (Å²) in [6.45, 7) is 2.56. The number of benzene rings is 1. The van der Waals surface area contributed by atoms with E-state index in [1.807, 2.05) is 4.90 Å². The number of rotatable bonds is 8. The molecule has 2 N–H and O–H groups in total. The van der Waals surface area contributed by atoms with Crippen LogP contribution in [0.25, 0.3) is 0 Å². The molecule has 172 valence electrons. The lowest BCUT2D eigenvalue weighted by Crippen LogP contribution is -2.52. The number of piperidine rings is 1. The van der Waals surface area contributed by atoms with Gasteiger partial charge in [0.1, 0.15) is 11.9 Å². The first-order valence-electron chi connectivity index (χ1n) is 10.3.